The van der Waals surface area contributed by atoms with Gasteiger partial charge in [0.05, 0.1) is 0 Å². The van der Waals surface area contributed by atoms with Gasteiger partial charge in [0, 0.05) is 0 Å². The second kappa shape index (κ2) is 8.50. The highest BCUT2D eigenvalue weighted by Gasteiger charge is 2.60. The van der Waals surface area contributed by atoms with Gasteiger partial charge in [-0.25, -0.2) is 0 Å². The summed E-state index contributed by atoms with van der Waals surface area (Å²) in [5.41, 5.74) is 1.37. The van der Waals surface area contributed by atoms with Gasteiger partial charge < -0.3 is 0 Å². The Bertz CT molecular complexity index is 548. The molecule has 0 nitrogen and oxygen atoms in total. The zero-order valence-electron chi connectivity index (χ0n) is 20.8. The maximum Gasteiger partial charge on any atom is -0.0264 e. The van der Waals surface area contributed by atoms with Crippen LogP contribution in [0.3, 0.4) is 0 Å². The topological polar surface area (TPSA) is 0 Å². The maximum absolute atomic E-state index is 2.76. The Balaban J connectivity index is 1.45. The van der Waals surface area contributed by atoms with E-state index in [2.05, 4.69) is 41.5 Å². The molecule has 0 radical (unpaired) electrons. The average Bonchev–Trinajstić information content (AvgIpc) is 3.05. The summed E-state index contributed by atoms with van der Waals surface area (Å²) in [6, 6.07) is 0. The minimum absolute atomic E-state index is 0.665. The summed E-state index contributed by atoms with van der Waals surface area (Å²) < 4.78 is 0. The Kier molecular flexibility index (Phi) is 6.51. The molecule has 9 atom stereocenters. The van der Waals surface area contributed by atoms with Crippen LogP contribution in [0.1, 0.15) is 125 Å². The van der Waals surface area contributed by atoms with Crippen LogP contribution in [0.5, 0.6) is 0 Å². The van der Waals surface area contributed by atoms with Gasteiger partial charge in [-0.05, 0) is 116 Å². The predicted molar refractivity (Wildman–Crippen MR) is 127 cm³/mol. The lowest BCUT2D eigenvalue weighted by Gasteiger charge is -2.61. The number of hydrogen-bond acceptors (Lipinski definition) is 0. The van der Waals surface area contributed by atoms with Crippen molar-refractivity contribution in [3.63, 3.8) is 0 Å². The molecule has 0 aromatic rings. The highest BCUT2D eigenvalue weighted by atomic mass is 14.6. The van der Waals surface area contributed by atoms with Gasteiger partial charge in [0.15, 0.2) is 0 Å². The van der Waals surface area contributed by atoms with E-state index >= 15 is 0 Å². The van der Waals surface area contributed by atoms with Gasteiger partial charge in [-0.15, -0.1) is 0 Å². The van der Waals surface area contributed by atoms with E-state index in [0.29, 0.717) is 10.8 Å². The standard InChI is InChI=1S/C29H52/c1-7-22(20(2)3)12-11-21(4)25-15-16-26-24-14-13-23-10-8-9-18-28(23,5)27(24)17-19-29(25,26)6/h20-27H,7-19H2,1-6H3/t21?,22-,23-,24+,25-,26+,27+,28+,29-/m1/s1. The second-order valence-electron chi connectivity index (χ2n) is 13.1. The quantitative estimate of drug-likeness (QED) is 0.417. The molecule has 0 heterocycles. The molecule has 0 saturated heterocycles. The molecule has 0 aliphatic heterocycles. The van der Waals surface area contributed by atoms with Crippen LogP contribution >= 0.6 is 0 Å². The van der Waals surface area contributed by atoms with Crippen LogP contribution in [-0.4, -0.2) is 0 Å². The van der Waals surface area contributed by atoms with Crippen LogP contribution < -0.4 is 0 Å². The Morgan fingerprint density at radius 2 is 1.52 bits per heavy atom. The summed E-state index contributed by atoms with van der Waals surface area (Å²) in [5, 5.41) is 0. The number of hydrogen-bond donors (Lipinski definition) is 0. The van der Waals surface area contributed by atoms with Crippen molar-refractivity contribution in [3.05, 3.63) is 0 Å². The van der Waals surface area contributed by atoms with E-state index in [4.69, 9.17) is 0 Å². The molecule has 4 saturated carbocycles. The summed E-state index contributed by atoms with van der Waals surface area (Å²) in [7, 11) is 0. The molecule has 0 spiro atoms. The van der Waals surface area contributed by atoms with Crippen molar-refractivity contribution in [2.24, 2.45) is 58.2 Å². The van der Waals surface area contributed by atoms with Crippen molar-refractivity contribution < 1.29 is 0 Å². The normalized spacial score (nSPS) is 46.7. The minimum Gasteiger partial charge on any atom is -0.0651 e. The van der Waals surface area contributed by atoms with Crippen LogP contribution in [0.25, 0.3) is 0 Å². The van der Waals surface area contributed by atoms with Crippen LogP contribution in [0.15, 0.2) is 0 Å². The van der Waals surface area contributed by atoms with E-state index in [-0.39, 0.29) is 0 Å². The summed E-state index contributed by atoms with van der Waals surface area (Å²) >= 11 is 0. The summed E-state index contributed by atoms with van der Waals surface area (Å²) in [6.45, 7) is 15.4. The van der Waals surface area contributed by atoms with Gasteiger partial charge in [-0.1, -0.05) is 67.2 Å². The molecule has 0 amide bonds. The lowest BCUT2D eigenvalue weighted by Crippen LogP contribution is -2.53. The van der Waals surface area contributed by atoms with Gasteiger partial charge in [-0.3, -0.25) is 0 Å². The molecule has 0 aromatic carbocycles. The first kappa shape index (κ1) is 22.2. The van der Waals surface area contributed by atoms with E-state index in [9.17, 15) is 0 Å². The first-order chi connectivity index (χ1) is 13.8. The van der Waals surface area contributed by atoms with Crippen molar-refractivity contribution in [2.45, 2.75) is 125 Å². The van der Waals surface area contributed by atoms with Gasteiger partial charge >= 0.3 is 0 Å². The lowest BCUT2D eigenvalue weighted by molar-refractivity contribution is -0.114. The predicted octanol–water partition coefficient (Wildman–Crippen LogP) is 9.13. The molecule has 4 aliphatic rings. The summed E-state index contributed by atoms with van der Waals surface area (Å²) in [5.74, 6) is 8.02. The molecule has 29 heavy (non-hydrogen) atoms. The average molecular weight is 401 g/mol. The van der Waals surface area contributed by atoms with Crippen molar-refractivity contribution in [2.75, 3.05) is 0 Å². The minimum atomic E-state index is 0.665. The molecule has 0 bridgehead atoms. The molecular formula is C29H52. The van der Waals surface area contributed by atoms with E-state index in [1.54, 1.807) is 51.4 Å². The van der Waals surface area contributed by atoms with Gasteiger partial charge in [0.25, 0.3) is 0 Å². The number of fused-ring (bicyclic) bond motifs is 5. The molecule has 4 fully saturated rings. The lowest BCUT2D eigenvalue weighted by atomic mass is 9.44. The third-order valence-electron chi connectivity index (χ3n) is 11.8. The first-order valence-corrected chi connectivity index (χ1v) is 13.8. The molecule has 0 aromatic heterocycles. The summed E-state index contributed by atoms with van der Waals surface area (Å²) in [4.78, 5) is 0. The van der Waals surface area contributed by atoms with E-state index in [1.165, 1.54) is 32.1 Å². The third kappa shape index (κ3) is 3.75. The molecule has 168 valence electrons. The zero-order chi connectivity index (χ0) is 20.8. The van der Waals surface area contributed by atoms with Gasteiger partial charge in [-0.2, -0.15) is 0 Å². The molecule has 0 heteroatoms. The van der Waals surface area contributed by atoms with Gasteiger partial charge in [0.1, 0.15) is 0 Å². The fraction of sp³-hybridized carbons (Fsp3) is 1.00. The van der Waals surface area contributed by atoms with Crippen molar-refractivity contribution in [1.29, 1.82) is 0 Å². The molecular weight excluding hydrogens is 348 g/mol. The fourth-order valence-corrected chi connectivity index (χ4v) is 9.96. The SMILES string of the molecule is CC[C@H](CCC(C)[C@H]1CC[C@H]2[C@@H]3CC[C@H]4CCCC[C@]4(C)[C@H]3CC[C@]12C)C(C)C. The summed E-state index contributed by atoms with van der Waals surface area (Å²) in [6.07, 6.45) is 19.8. The Morgan fingerprint density at radius 3 is 2.24 bits per heavy atom. The van der Waals surface area contributed by atoms with E-state index in [1.807, 2.05) is 0 Å². The van der Waals surface area contributed by atoms with Crippen LogP contribution in [-0.2, 0) is 0 Å². The monoisotopic (exact) mass is 400 g/mol. The van der Waals surface area contributed by atoms with Crippen LogP contribution in [0.4, 0.5) is 0 Å². The highest BCUT2D eigenvalue weighted by molar-refractivity contribution is 5.09. The largest absolute Gasteiger partial charge is 0.0651 e. The Labute approximate surface area is 183 Å². The third-order valence-corrected chi connectivity index (χ3v) is 11.8. The highest BCUT2D eigenvalue weighted by Crippen LogP contribution is 2.68. The van der Waals surface area contributed by atoms with E-state index in [0.717, 1.165) is 47.3 Å². The molecule has 1 unspecified atom stereocenters. The Hall–Kier alpha value is 0. The number of rotatable bonds is 6. The Morgan fingerprint density at radius 1 is 0.759 bits per heavy atom. The molecule has 4 rings (SSSR count). The zero-order valence-corrected chi connectivity index (χ0v) is 20.8. The van der Waals surface area contributed by atoms with Crippen molar-refractivity contribution in [1.82, 2.24) is 0 Å². The van der Waals surface area contributed by atoms with Crippen LogP contribution in [0.2, 0.25) is 0 Å². The van der Waals surface area contributed by atoms with Gasteiger partial charge in [0.2, 0.25) is 0 Å². The molecule has 4 aliphatic carbocycles. The second-order valence-corrected chi connectivity index (χ2v) is 13.1. The fourth-order valence-electron chi connectivity index (χ4n) is 9.96. The van der Waals surface area contributed by atoms with Crippen molar-refractivity contribution >= 4 is 0 Å². The molecule has 0 N–H and O–H groups in total. The maximum atomic E-state index is 2.76. The van der Waals surface area contributed by atoms with Crippen molar-refractivity contribution in [3.8, 4) is 0 Å². The van der Waals surface area contributed by atoms with Crippen LogP contribution in [0, 0.1) is 58.2 Å². The smallest absolute Gasteiger partial charge is 0.0264 e. The first-order valence-electron chi connectivity index (χ1n) is 13.8. The van der Waals surface area contributed by atoms with E-state index < -0.39 is 0 Å².